The fraction of sp³-hybridized carbons (Fsp3) is 0.174. The molecule has 2 aromatic carbocycles. The van der Waals surface area contributed by atoms with Gasteiger partial charge in [-0.1, -0.05) is 37.9 Å². The van der Waals surface area contributed by atoms with Crippen LogP contribution in [0.5, 0.6) is 0 Å². The highest BCUT2D eigenvalue weighted by molar-refractivity contribution is 9.10. The van der Waals surface area contributed by atoms with Gasteiger partial charge in [0.1, 0.15) is 0 Å². The first-order chi connectivity index (χ1) is 13.3. The SMILES string of the molecule is CC(=Nc1ccc(Br)cc1C)c1cccc(C(C)=Nc2ccc(Br)cc2C)n1. The Hall–Kier alpha value is -2.11. The van der Waals surface area contributed by atoms with Gasteiger partial charge in [0.15, 0.2) is 0 Å². The summed E-state index contributed by atoms with van der Waals surface area (Å²) in [6.45, 7) is 8.08. The Kier molecular flexibility index (Phi) is 6.57. The first kappa shape index (κ1) is 20.6. The van der Waals surface area contributed by atoms with E-state index in [1.807, 2.05) is 56.3 Å². The Balaban J connectivity index is 1.93. The molecule has 0 bridgehead atoms. The van der Waals surface area contributed by atoms with Crippen LogP contribution >= 0.6 is 31.9 Å². The molecule has 0 aliphatic carbocycles. The lowest BCUT2D eigenvalue weighted by Gasteiger charge is -2.07. The van der Waals surface area contributed by atoms with Crippen molar-refractivity contribution in [3.8, 4) is 0 Å². The maximum Gasteiger partial charge on any atom is 0.0849 e. The van der Waals surface area contributed by atoms with Crippen molar-refractivity contribution in [1.82, 2.24) is 4.98 Å². The normalized spacial score (nSPS) is 12.4. The lowest BCUT2D eigenvalue weighted by Crippen LogP contribution is -2.05. The molecular weight excluding hydrogens is 478 g/mol. The predicted octanol–water partition coefficient (Wildman–Crippen LogP) is 7.50. The second-order valence-electron chi connectivity index (χ2n) is 6.66. The number of aromatic nitrogens is 1. The summed E-state index contributed by atoms with van der Waals surface area (Å²) < 4.78 is 2.11. The maximum atomic E-state index is 4.78. The third kappa shape index (κ3) is 5.03. The van der Waals surface area contributed by atoms with Crippen LogP contribution in [0.25, 0.3) is 0 Å². The second kappa shape index (κ2) is 8.93. The number of rotatable bonds is 4. The molecule has 0 spiro atoms. The number of pyridine rings is 1. The van der Waals surface area contributed by atoms with Gasteiger partial charge in [-0.25, -0.2) is 4.98 Å². The molecule has 0 radical (unpaired) electrons. The third-order valence-electron chi connectivity index (χ3n) is 4.38. The molecule has 0 atom stereocenters. The molecule has 5 heteroatoms. The van der Waals surface area contributed by atoms with E-state index >= 15 is 0 Å². The zero-order valence-electron chi connectivity index (χ0n) is 16.3. The zero-order valence-corrected chi connectivity index (χ0v) is 19.5. The molecule has 3 nitrogen and oxygen atoms in total. The highest BCUT2D eigenvalue weighted by atomic mass is 79.9. The Morgan fingerprint density at radius 1 is 0.714 bits per heavy atom. The first-order valence-electron chi connectivity index (χ1n) is 8.94. The lowest BCUT2D eigenvalue weighted by molar-refractivity contribution is 1.23. The summed E-state index contributed by atoms with van der Waals surface area (Å²) >= 11 is 6.98. The fourth-order valence-corrected chi connectivity index (χ4v) is 3.75. The van der Waals surface area contributed by atoms with E-state index in [9.17, 15) is 0 Å². The summed E-state index contributed by atoms with van der Waals surface area (Å²) in [4.78, 5) is 14.3. The van der Waals surface area contributed by atoms with Gasteiger partial charge in [0.25, 0.3) is 0 Å². The van der Waals surface area contributed by atoms with E-state index in [-0.39, 0.29) is 0 Å². The minimum atomic E-state index is 0.849. The van der Waals surface area contributed by atoms with Crippen molar-refractivity contribution in [2.24, 2.45) is 9.98 Å². The van der Waals surface area contributed by atoms with E-state index in [0.29, 0.717) is 0 Å². The van der Waals surface area contributed by atoms with Crippen LogP contribution in [0.3, 0.4) is 0 Å². The third-order valence-corrected chi connectivity index (χ3v) is 5.37. The number of hydrogen-bond acceptors (Lipinski definition) is 3. The van der Waals surface area contributed by atoms with Gasteiger partial charge in [0.05, 0.1) is 34.2 Å². The van der Waals surface area contributed by atoms with Gasteiger partial charge in [0, 0.05) is 8.95 Å². The van der Waals surface area contributed by atoms with Crippen molar-refractivity contribution < 1.29 is 0 Å². The van der Waals surface area contributed by atoms with Crippen molar-refractivity contribution in [1.29, 1.82) is 0 Å². The van der Waals surface area contributed by atoms with Gasteiger partial charge in [-0.05, 0) is 87.4 Å². The molecule has 0 saturated carbocycles. The average Bonchev–Trinajstić information content (AvgIpc) is 2.66. The molecule has 3 aromatic rings. The van der Waals surface area contributed by atoms with Crippen LogP contribution in [0.15, 0.2) is 73.5 Å². The quantitative estimate of drug-likeness (QED) is 0.343. The van der Waals surface area contributed by atoms with Crippen molar-refractivity contribution in [2.75, 3.05) is 0 Å². The maximum absolute atomic E-state index is 4.78. The molecular formula is C23H21Br2N3. The van der Waals surface area contributed by atoms with Gasteiger partial charge < -0.3 is 0 Å². The minimum Gasteiger partial charge on any atom is -0.251 e. The van der Waals surface area contributed by atoms with Gasteiger partial charge in [-0.2, -0.15) is 0 Å². The molecule has 28 heavy (non-hydrogen) atoms. The van der Waals surface area contributed by atoms with Crippen molar-refractivity contribution in [3.05, 3.63) is 86.1 Å². The monoisotopic (exact) mass is 497 g/mol. The molecule has 0 N–H and O–H groups in total. The zero-order chi connectivity index (χ0) is 20.3. The number of aliphatic imine (C=N–C) groups is 2. The van der Waals surface area contributed by atoms with E-state index < -0.39 is 0 Å². The molecule has 3 rings (SSSR count). The molecule has 1 aromatic heterocycles. The van der Waals surface area contributed by atoms with E-state index in [1.165, 1.54) is 0 Å². The Labute approximate surface area is 182 Å². The number of nitrogens with zero attached hydrogens (tertiary/aromatic N) is 3. The fourth-order valence-electron chi connectivity index (χ4n) is 2.80. The molecule has 0 aliphatic heterocycles. The van der Waals surface area contributed by atoms with E-state index in [0.717, 1.165) is 54.3 Å². The topological polar surface area (TPSA) is 37.6 Å². The van der Waals surface area contributed by atoms with E-state index in [1.54, 1.807) is 0 Å². The molecule has 142 valence electrons. The van der Waals surface area contributed by atoms with Gasteiger partial charge in [-0.15, -0.1) is 0 Å². The van der Waals surface area contributed by atoms with E-state index in [4.69, 9.17) is 15.0 Å². The van der Waals surface area contributed by atoms with Crippen LogP contribution in [-0.4, -0.2) is 16.4 Å². The van der Waals surface area contributed by atoms with Crippen molar-refractivity contribution in [2.45, 2.75) is 27.7 Å². The average molecular weight is 499 g/mol. The number of aryl methyl sites for hydroxylation is 2. The van der Waals surface area contributed by atoms with Crippen LogP contribution in [0.2, 0.25) is 0 Å². The Bertz CT molecular complexity index is 1000. The molecule has 1 heterocycles. The van der Waals surface area contributed by atoms with Crippen LogP contribution in [0, 0.1) is 13.8 Å². The summed E-state index contributed by atoms with van der Waals surface area (Å²) in [6, 6.07) is 18.1. The summed E-state index contributed by atoms with van der Waals surface area (Å²) in [5.41, 5.74) is 7.58. The minimum absolute atomic E-state index is 0.849. The summed E-state index contributed by atoms with van der Waals surface area (Å²) in [5.74, 6) is 0. The largest absolute Gasteiger partial charge is 0.251 e. The summed E-state index contributed by atoms with van der Waals surface area (Å²) in [5, 5.41) is 0. The first-order valence-corrected chi connectivity index (χ1v) is 10.5. The summed E-state index contributed by atoms with van der Waals surface area (Å²) in [6.07, 6.45) is 0. The Morgan fingerprint density at radius 3 is 1.54 bits per heavy atom. The van der Waals surface area contributed by atoms with Gasteiger partial charge in [0.2, 0.25) is 0 Å². The molecule has 0 saturated heterocycles. The number of hydrogen-bond donors (Lipinski definition) is 0. The molecule has 0 unspecified atom stereocenters. The number of benzene rings is 2. The highest BCUT2D eigenvalue weighted by Gasteiger charge is 2.07. The van der Waals surface area contributed by atoms with Crippen LogP contribution in [-0.2, 0) is 0 Å². The van der Waals surface area contributed by atoms with Crippen LogP contribution in [0.1, 0.15) is 36.4 Å². The van der Waals surface area contributed by atoms with Gasteiger partial charge in [-0.3, -0.25) is 9.98 Å². The Morgan fingerprint density at radius 2 is 1.14 bits per heavy atom. The van der Waals surface area contributed by atoms with Crippen LogP contribution in [0.4, 0.5) is 11.4 Å². The standard InChI is InChI=1S/C23H21Br2N3/c1-14-12-18(24)8-10-20(14)26-16(3)22-6-5-7-23(28-22)17(4)27-21-11-9-19(25)13-15(21)2/h5-13H,1-4H3. The second-order valence-corrected chi connectivity index (χ2v) is 8.50. The molecule has 0 fully saturated rings. The smallest absolute Gasteiger partial charge is 0.0849 e. The summed E-state index contributed by atoms with van der Waals surface area (Å²) in [7, 11) is 0. The van der Waals surface area contributed by atoms with Crippen molar-refractivity contribution >= 4 is 54.7 Å². The molecule has 0 aliphatic rings. The van der Waals surface area contributed by atoms with Crippen molar-refractivity contribution in [3.63, 3.8) is 0 Å². The van der Waals surface area contributed by atoms with Gasteiger partial charge >= 0.3 is 0 Å². The highest BCUT2D eigenvalue weighted by Crippen LogP contribution is 2.25. The lowest BCUT2D eigenvalue weighted by atomic mass is 10.1. The van der Waals surface area contributed by atoms with E-state index in [2.05, 4.69) is 57.8 Å². The number of halogens is 2. The predicted molar refractivity (Wildman–Crippen MR) is 126 cm³/mol. The van der Waals surface area contributed by atoms with Crippen LogP contribution < -0.4 is 0 Å². The molecule has 0 amide bonds.